The number of anilines is 2. The van der Waals surface area contributed by atoms with Crippen LogP contribution in [0.4, 0.5) is 11.4 Å². The van der Waals surface area contributed by atoms with Crippen LogP contribution in [-0.2, 0) is 13.0 Å². The molecule has 0 unspecified atom stereocenters. The van der Waals surface area contributed by atoms with Crippen LogP contribution in [0.1, 0.15) is 17.5 Å². The Labute approximate surface area is 123 Å². The highest BCUT2D eigenvalue weighted by Gasteiger charge is 2.11. The average molecular weight is 278 g/mol. The Morgan fingerprint density at radius 1 is 1.19 bits per heavy atom. The summed E-state index contributed by atoms with van der Waals surface area (Å²) in [5.74, 6) is 0. The molecule has 1 aliphatic heterocycles. The molecule has 0 saturated heterocycles. The lowest BCUT2D eigenvalue weighted by atomic mass is 9.99. The van der Waals surface area contributed by atoms with Crippen molar-refractivity contribution in [3.63, 3.8) is 0 Å². The van der Waals surface area contributed by atoms with Gasteiger partial charge in [-0.3, -0.25) is 5.10 Å². The fourth-order valence-corrected chi connectivity index (χ4v) is 2.98. The van der Waals surface area contributed by atoms with Gasteiger partial charge in [0.2, 0.25) is 0 Å². The summed E-state index contributed by atoms with van der Waals surface area (Å²) >= 11 is 0. The Kier molecular flexibility index (Phi) is 2.99. The van der Waals surface area contributed by atoms with Gasteiger partial charge < -0.3 is 10.6 Å². The van der Waals surface area contributed by atoms with Gasteiger partial charge in [0.1, 0.15) is 0 Å². The molecule has 0 aliphatic carbocycles. The van der Waals surface area contributed by atoms with Gasteiger partial charge in [-0.2, -0.15) is 5.10 Å². The summed E-state index contributed by atoms with van der Waals surface area (Å²) in [5, 5.41) is 15.2. The second kappa shape index (κ2) is 5.13. The summed E-state index contributed by atoms with van der Waals surface area (Å²) in [6.45, 7) is 1.91. The van der Waals surface area contributed by atoms with Crippen molar-refractivity contribution in [2.45, 2.75) is 19.4 Å². The molecule has 0 fully saturated rings. The first-order chi connectivity index (χ1) is 10.4. The second-order valence-corrected chi connectivity index (χ2v) is 5.51. The van der Waals surface area contributed by atoms with Crippen LogP contribution in [-0.4, -0.2) is 16.7 Å². The highest BCUT2D eigenvalue weighted by atomic mass is 15.1. The SMILES string of the molecule is c1cc2c(c(CNc3ccc4[nH]ncc4c3)c1)NCCC2. The zero-order valence-electron chi connectivity index (χ0n) is 11.8. The van der Waals surface area contributed by atoms with Crippen molar-refractivity contribution in [1.82, 2.24) is 10.2 Å². The molecule has 0 radical (unpaired) electrons. The third-order valence-electron chi connectivity index (χ3n) is 4.08. The molecule has 0 saturated carbocycles. The van der Waals surface area contributed by atoms with Gasteiger partial charge in [0.05, 0.1) is 11.7 Å². The number of benzene rings is 2. The molecule has 1 aromatic heterocycles. The maximum Gasteiger partial charge on any atom is 0.0651 e. The van der Waals surface area contributed by atoms with Crippen molar-refractivity contribution in [2.75, 3.05) is 17.2 Å². The molecule has 4 rings (SSSR count). The number of rotatable bonds is 3. The van der Waals surface area contributed by atoms with Gasteiger partial charge in [-0.05, 0) is 42.2 Å². The predicted octanol–water partition coefficient (Wildman–Crippen LogP) is 3.53. The molecule has 0 atom stereocenters. The van der Waals surface area contributed by atoms with E-state index < -0.39 is 0 Å². The van der Waals surface area contributed by atoms with E-state index in [9.17, 15) is 0 Å². The van der Waals surface area contributed by atoms with Gasteiger partial charge in [0, 0.05) is 29.9 Å². The maximum absolute atomic E-state index is 4.06. The average Bonchev–Trinajstić information content (AvgIpc) is 3.00. The Bertz CT molecular complexity index is 775. The summed E-state index contributed by atoms with van der Waals surface area (Å²) < 4.78 is 0. The molecule has 0 amide bonds. The van der Waals surface area contributed by atoms with Gasteiger partial charge in [-0.1, -0.05) is 18.2 Å². The number of aryl methyl sites for hydroxylation is 1. The second-order valence-electron chi connectivity index (χ2n) is 5.51. The zero-order valence-corrected chi connectivity index (χ0v) is 11.8. The van der Waals surface area contributed by atoms with Crippen LogP contribution in [0.25, 0.3) is 10.9 Å². The van der Waals surface area contributed by atoms with Crippen molar-refractivity contribution in [3.05, 3.63) is 53.7 Å². The monoisotopic (exact) mass is 278 g/mol. The molecular formula is C17H18N4. The fourth-order valence-electron chi connectivity index (χ4n) is 2.98. The predicted molar refractivity (Wildman–Crippen MR) is 86.7 cm³/mol. The maximum atomic E-state index is 4.06. The van der Waals surface area contributed by atoms with Gasteiger partial charge in [0.15, 0.2) is 0 Å². The van der Waals surface area contributed by atoms with Crippen molar-refractivity contribution in [2.24, 2.45) is 0 Å². The van der Waals surface area contributed by atoms with Gasteiger partial charge >= 0.3 is 0 Å². The van der Waals surface area contributed by atoms with Crippen molar-refractivity contribution in [3.8, 4) is 0 Å². The molecule has 21 heavy (non-hydrogen) atoms. The summed E-state index contributed by atoms with van der Waals surface area (Å²) in [5.41, 5.74) is 6.28. The Morgan fingerprint density at radius 2 is 2.19 bits per heavy atom. The fraction of sp³-hybridized carbons (Fsp3) is 0.235. The lowest BCUT2D eigenvalue weighted by Gasteiger charge is -2.21. The molecule has 1 aliphatic rings. The summed E-state index contributed by atoms with van der Waals surface area (Å²) in [4.78, 5) is 0. The van der Waals surface area contributed by atoms with E-state index >= 15 is 0 Å². The standard InChI is InChI=1S/C17H18N4/c1-3-12-5-2-8-18-17(12)13(4-1)10-19-15-6-7-16-14(9-15)11-20-21-16/h1,3-4,6-7,9,11,18-19H,2,5,8,10H2,(H,20,21). The lowest BCUT2D eigenvalue weighted by Crippen LogP contribution is -2.14. The molecular weight excluding hydrogens is 260 g/mol. The molecule has 0 spiro atoms. The lowest BCUT2D eigenvalue weighted by molar-refractivity contribution is 0.825. The highest BCUT2D eigenvalue weighted by Crippen LogP contribution is 2.27. The molecule has 2 aromatic carbocycles. The van der Waals surface area contributed by atoms with Crippen LogP contribution < -0.4 is 10.6 Å². The molecule has 3 N–H and O–H groups in total. The Balaban J connectivity index is 1.56. The first-order valence-electron chi connectivity index (χ1n) is 7.42. The van der Waals surface area contributed by atoms with Crippen molar-refractivity contribution >= 4 is 22.3 Å². The highest BCUT2D eigenvalue weighted by molar-refractivity contribution is 5.81. The summed E-state index contributed by atoms with van der Waals surface area (Å²) in [6, 6.07) is 12.8. The third kappa shape index (κ3) is 2.33. The van der Waals surface area contributed by atoms with Crippen molar-refractivity contribution in [1.29, 1.82) is 0 Å². The number of H-pyrrole nitrogens is 1. The van der Waals surface area contributed by atoms with E-state index in [0.717, 1.165) is 29.7 Å². The van der Waals surface area contributed by atoms with Gasteiger partial charge in [0.25, 0.3) is 0 Å². The first-order valence-corrected chi connectivity index (χ1v) is 7.42. The largest absolute Gasteiger partial charge is 0.385 e. The minimum absolute atomic E-state index is 0.833. The number of para-hydroxylation sites is 1. The Morgan fingerprint density at radius 3 is 3.19 bits per heavy atom. The number of nitrogens with one attached hydrogen (secondary N) is 3. The number of aromatic nitrogens is 2. The van der Waals surface area contributed by atoms with Crippen LogP contribution in [0.2, 0.25) is 0 Å². The van der Waals surface area contributed by atoms with Gasteiger partial charge in [-0.15, -0.1) is 0 Å². The first kappa shape index (κ1) is 12.3. The molecule has 4 nitrogen and oxygen atoms in total. The number of hydrogen-bond donors (Lipinski definition) is 3. The normalized spacial score (nSPS) is 13.7. The summed E-state index contributed by atoms with van der Waals surface area (Å²) in [6.07, 6.45) is 4.25. The zero-order chi connectivity index (χ0) is 14.1. The number of fused-ring (bicyclic) bond motifs is 2. The van der Waals surface area contributed by atoms with Crippen LogP contribution >= 0.6 is 0 Å². The number of nitrogens with zero attached hydrogens (tertiary/aromatic N) is 1. The van der Waals surface area contributed by atoms with E-state index in [1.54, 1.807) is 0 Å². The minimum atomic E-state index is 0.833. The molecule has 106 valence electrons. The molecule has 4 heteroatoms. The van der Waals surface area contributed by atoms with E-state index in [4.69, 9.17) is 0 Å². The van der Waals surface area contributed by atoms with Crippen LogP contribution in [0.15, 0.2) is 42.6 Å². The van der Waals surface area contributed by atoms with Gasteiger partial charge in [-0.25, -0.2) is 0 Å². The minimum Gasteiger partial charge on any atom is -0.385 e. The molecule has 3 aromatic rings. The van der Waals surface area contributed by atoms with Crippen molar-refractivity contribution < 1.29 is 0 Å². The Hall–Kier alpha value is -2.49. The van der Waals surface area contributed by atoms with Crippen LogP contribution in [0, 0.1) is 0 Å². The van der Waals surface area contributed by atoms with E-state index in [1.807, 2.05) is 6.20 Å². The van der Waals surface area contributed by atoms with Crippen LogP contribution in [0.3, 0.4) is 0 Å². The smallest absolute Gasteiger partial charge is 0.0651 e. The topological polar surface area (TPSA) is 52.7 Å². The van der Waals surface area contributed by atoms with E-state index in [0.29, 0.717) is 0 Å². The van der Waals surface area contributed by atoms with E-state index in [1.165, 1.54) is 29.7 Å². The van der Waals surface area contributed by atoms with E-state index in [-0.39, 0.29) is 0 Å². The summed E-state index contributed by atoms with van der Waals surface area (Å²) in [7, 11) is 0. The van der Waals surface area contributed by atoms with Crippen LogP contribution in [0.5, 0.6) is 0 Å². The third-order valence-corrected chi connectivity index (χ3v) is 4.08. The number of aromatic amines is 1. The quantitative estimate of drug-likeness (QED) is 0.687. The number of hydrogen-bond acceptors (Lipinski definition) is 3. The molecule has 2 heterocycles. The molecule has 0 bridgehead atoms. The van der Waals surface area contributed by atoms with E-state index in [2.05, 4.69) is 57.2 Å².